The van der Waals surface area contributed by atoms with Gasteiger partial charge in [-0.05, 0) is 31.9 Å². The number of aromatic nitrogens is 2. The largest absolute Gasteiger partial charge is 0.451 e. The van der Waals surface area contributed by atoms with Crippen molar-refractivity contribution in [3.8, 4) is 11.3 Å². The number of anilines is 1. The fraction of sp³-hybridized carbons (Fsp3) is 0.333. The summed E-state index contributed by atoms with van der Waals surface area (Å²) in [5, 5.41) is 2.81. The zero-order valence-electron chi connectivity index (χ0n) is 12.0. The van der Waals surface area contributed by atoms with Crippen molar-refractivity contribution < 1.29 is 13.2 Å². The van der Waals surface area contributed by atoms with E-state index in [4.69, 9.17) is 0 Å². The minimum Gasteiger partial charge on any atom is -0.370 e. The molecule has 1 aromatic carbocycles. The molecule has 0 amide bonds. The van der Waals surface area contributed by atoms with Crippen LogP contribution in [0.5, 0.6) is 0 Å². The van der Waals surface area contributed by atoms with Crippen LogP contribution in [-0.4, -0.2) is 16.5 Å². The molecule has 0 aliphatic heterocycles. The van der Waals surface area contributed by atoms with Crippen molar-refractivity contribution in [2.75, 3.05) is 11.9 Å². The van der Waals surface area contributed by atoms with Gasteiger partial charge in [0.2, 0.25) is 5.82 Å². The summed E-state index contributed by atoms with van der Waals surface area (Å²) >= 11 is 0. The van der Waals surface area contributed by atoms with Gasteiger partial charge in [0.15, 0.2) is 0 Å². The molecular formula is C15H16F3N3. The molecular weight excluding hydrogens is 279 g/mol. The molecule has 0 bridgehead atoms. The van der Waals surface area contributed by atoms with E-state index in [9.17, 15) is 13.2 Å². The second-order valence-electron chi connectivity index (χ2n) is 4.74. The quantitative estimate of drug-likeness (QED) is 0.921. The van der Waals surface area contributed by atoms with E-state index in [0.29, 0.717) is 12.1 Å². The molecule has 2 aromatic rings. The topological polar surface area (TPSA) is 37.8 Å². The van der Waals surface area contributed by atoms with E-state index in [2.05, 4.69) is 15.3 Å². The lowest BCUT2D eigenvalue weighted by atomic mass is 10.0. The van der Waals surface area contributed by atoms with E-state index in [-0.39, 0.29) is 11.5 Å². The molecule has 1 aromatic heterocycles. The average Bonchev–Trinajstić information content (AvgIpc) is 2.41. The summed E-state index contributed by atoms with van der Waals surface area (Å²) in [7, 11) is 0. The lowest BCUT2D eigenvalue weighted by molar-refractivity contribution is -0.144. The van der Waals surface area contributed by atoms with E-state index in [1.807, 2.05) is 19.9 Å². The van der Waals surface area contributed by atoms with Crippen LogP contribution in [-0.2, 0) is 6.18 Å². The fourth-order valence-corrected chi connectivity index (χ4v) is 2.01. The number of halogens is 3. The Labute approximate surface area is 121 Å². The number of nitrogens with one attached hydrogen (secondary N) is 1. The molecule has 1 N–H and O–H groups in total. The summed E-state index contributed by atoms with van der Waals surface area (Å²) < 4.78 is 38.8. The van der Waals surface area contributed by atoms with Crippen LogP contribution >= 0.6 is 0 Å². The van der Waals surface area contributed by atoms with Crippen LogP contribution < -0.4 is 5.32 Å². The molecule has 3 nitrogen and oxygen atoms in total. The smallest absolute Gasteiger partial charge is 0.370 e. The van der Waals surface area contributed by atoms with Crippen molar-refractivity contribution in [2.45, 2.75) is 26.9 Å². The van der Waals surface area contributed by atoms with E-state index in [1.165, 1.54) is 0 Å². The van der Waals surface area contributed by atoms with E-state index >= 15 is 0 Å². The summed E-state index contributed by atoms with van der Waals surface area (Å²) in [4.78, 5) is 7.21. The maximum Gasteiger partial charge on any atom is 0.451 e. The molecule has 0 saturated carbocycles. The second kappa shape index (κ2) is 5.71. The molecule has 21 heavy (non-hydrogen) atoms. The monoisotopic (exact) mass is 295 g/mol. The van der Waals surface area contributed by atoms with Crippen LogP contribution in [0.15, 0.2) is 24.3 Å². The molecule has 0 unspecified atom stereocenters. The molecule has 0 saturated heterocycles. The third kappa shape index (κ3) is 3.32. The van der Waals surface area contributed by atoms with Gasteiger partial charge in [0, 0.05) is 18.2 Å². The Kier molecular flexibility index (Phi) is 4.16. The molecule has 0 aliphatic carbocycles. The number of benzene rings is 1. The minimum absolute atomic E-state index is 0.177. The van der Waals surface area contributed by atoms with Crippen molar-refractivity contribution in [1.29, 1.82) is 0 Å². The van der Waals surface area contributed by atoms with Crippen molar-refractivity contribution in [1.82, 2.24) is 9.97 Å². The lowest BCUT2D eigenvalue weighted by Gasteiger charge is -2.13. The highest BCUT2D eigenvalue weighted by Gasteiger charge is 2.35. The van der Waals surface area contributed by atoms with E-state index in [0.717, 1.165) is 11.1 Å². The average molecular weight is 295 g/mol. The van der Waals surface area contributed by atoms with Crippen molar-refractivity contribution >= 4 is 5.82 Å². The Morgan fingerprint density at radius 1 is 1.14 bits per heavy atom. The molecule has 112 valence electrons. The molecule has 2 rings (SSSR count). The normalized spacial score (nSPS) is 11.5. The van der Waals surface area contributed by atoms with Gasteiger partial charge >= 0.3 is 6.18 Å². The van der Waals surface area contributed by atoms with Gasteiger partial charge in [-0.3, -0.25) is 0 Å². The third-order valence-electron chi connectivity index (χ3n) is 3.22. The van der Waals surface area contributed by atoms with Crippen LogP contribution in [0, 0.1) is 13.8 Å². The standard InChI is InChI=1S/C15H16F3N3/c1-4-19-13-8-12(20-14(21-13)15(16,17)18)11-7-5-6-9(2)10(11)3/h5-8H,4H2,1-3H3,(H,19,20,21). The fourth-order valence-electron chi connectivity index (χ4n) is 2.01. The van der Waals surface area contributed by atoms with Crippen molar-refractivity contribution in [3.05, 3.63) is 41.2 Å². The SMILES string of the molecule is CCNc1cc(-c2cccc(C)c2C)nc(C(F)(F)F)n1. The van der Waals surface area contributed by atoms with Crippen molar-refractivity contribution in [2.24, 2.45) is 0 Å². The lowest BCUT2D eigenvalue weighted by Crippen LogP contribution is -2.14. The van der Waals surface area contributed by atoms with E-state index in [1.54, 1.807) is 25.1 Å². The highest BCUT2D eigenvalue weighted by molar-refractivity contribution is 5.67. The third-order valence-corrected chi connectivity index (χ3v) is 3.22. The molecule has 0 spiro atoms. The van der Waals surface area contributed by atoms with Gasteiger partial charge in [-0.1, -0.05) is 18.2 Å². The zero-order chi connectivity index (χ0) is 15.6. The molecule has 6 heteroatoms. The molecule has 1 heterocycles. The molecule has 0 aliphatic rings. The molecule has 0 atom stereocenters. The Bertz CT molecular complexity index is 651. The van der Waals surface area contributed by atoms with Crippen LogP contribution in [0.2, 0.25) is 0 Å². The first-order valence-corrected chi connectivity index (χ1v) is 6.59. The highest BCUT2D eigenvalue weighted by atomic mass is 19.4. The summed E-state index contributed by atoms with van der Waals surface area (Å²) in [5.41, 5.74) is 2.87. The van der Waals surface area contributed by atoms with Gasteiger partial charge in [0.25, 0.3) is 0 Å². The number of alkyl halides is 3. The number of hydrogen-bond donors (Lipinski definition) is 1. The van der Waals surface area contributed by atoms with Gasteiger partial charge in [-0.25, -0.2) is 9.97 Å². The first-order valence-electron chi connectivity index (χ1n) is 6.59. The van der Waals surface area contributed by atoms with Crippen LogP contribution in [0.3, 0.4) is 0 Å². The predicted molar refractivity (Wildman–Crippen MR) is 76.1 cm³/mol. The van der Waals surface area contributed by atoms with Crippen LogP contribution in [0.25, 0.3) is 11.3 Å². The first kappa shape index (κ1) is 15.3. The van der Waals surface area contributed by atoms with Crippen LogP contribution in [0.4, 0.5) is 19.0 Å². The maximum absolute atomic E-state index is 12.9. The number of hydrogen-bond acceptors (Lipinski definition) is 3. The summed E-state index contributed by atoms with van der Waals surface area (Å²) in [6.07, 6.45) is -4.57. The maximum atomic E-state index is 12.9. The minimum atomic E-state index is -4.57. The zero-order valence-corrected chi connectivity index (χ0v) is 12.0. The predicted octanol–water partition coefficient (Wildman–Crippen LogP) is 4.21. The first-order chi connectivity index (χ1) is 9.82. The van der Waals surface area contributed by atoms with Gasteiger partial charge in [0.1, 0.15) is 5.82 Å². The Balaban J connectivity index is 2.62. The van der Waals surface area contributed by atoms with Gasteiger partial charge in [-0.2, -0.15) is 13.2 Å². The van der Waals surface area contributed by atoms with Crippen LogP contribution in [0.1, 0.15) is 23.9 Å². The Morgan fingerprint density at radius 2 is 1.86 bits per heavy atom. The van der Waals surface area contributed by atoms with Crippen molar-refractivity contribution in [3.63, 3.8) is 0 Å². The number of rotatable bonds is 3. The highest BCUT2D eigenvalue weighted by Crippen LogP contribution is 2.31. The molecule has 0 fully saturated rings. The Morgan fingerprint density at radius 3 is 2.48 bits per heavy atom. The number of nitrogens with zero attached hydrogens (tertiary/aromatic N) is 2. The van der Waals surface area contributed by atoms with E-state index < -0.39 is 12.0 Å². The Hall–Kier alpha value is -2.11. The summed E-state index contributed by atoms with van der Waals surface area (Å²) in [6, 6.07) is 7.02. The summed E-state index contributed by atoms with van der Waals surface area (Å²) in [6.45, 7) is 6.07. The summed E-state index contributed by atoms with van der Waals surface area (Å²) in [5.74, 6) is -0.951. The van der Waals surface area contributed by atoms with Gasteiger partial charge in [0.05, 0.1) is 5.69 Å². The second-order valence-corrected chi connectivity index (χ2v) is 4.74. The van der Waals surface area contributed by atoms with Gasteiger partial charge < -0.3 is 5.32 Å². The molecule has 0 radical (unpaired) electrons. The van der Waals surface area contributed by atoms with Gasteiger partial charge in [-0.15, -0.1) is 0 Å². The number of aryl methyl sites for hydroxylation is 1.